The molecule has 0 saturated heterocycles. The number of nitrogen functional groups attached to an aromatic ring is 1. The number of carbonyl (C=O) groups excluding carboxylic acids is 1. The summed E-state index contributed by atoms with van der Waals surface area (Å²) in [4.78, 5) is 13.9. The molecule has 0 radical (unpaired) electrons. The molecule has 0 aliphatic carbocycles. The molecule has 1 aromatic heterocycles. The number of nitrogens with zero attached hydrogens (tertiary/aromatic N) is 2. The minimum Gasteiger partial charge on any atom is -0.443 e. The number of fused-ring (bicyclic) bond motifs is 1. The van der Waals surface area contributed by atoms with Crippen molar-refractivity contribution in [2.24, 2.45) is 0 Å². The molecule has 1 aliphatic rings. The number of hydrogen-bond acceptors (Lipinski definition) is 4. The molecule has 0 bridgehead atoms. The van der Waals surface area contributed by atoms with E-state index in [1.54, 1.807) is 11.0 Å². The van der Waals surface area contributed by atoms with Crippen molar-refractivity contribution >= 4 is 17.6 Å². The van der Waals surface area contributed by atoms with E-state index in [-0.39, 0.29) is 6.09 Å². The lowest BCUT2D eigenvalue weighted by atomic mass is 10.1. The Morgan fingerprint density at radius 2 is 2.14 bits per heavy atom. The number of H-pyrrole nitrogens is 1. The van der Waals surface area contributed by atoms with E-state index < -0.39 is 5.60 Å². The molecular formula is C16H20N4O2. The Bertz CT molecular complexity index is 715. The summed E-state index contributed by atoms with van der Waals surface area (Å²) in [6.07, 6.45) is 0.510. The summed E-state index contributed by atoms with van der Waals surface area (Å²) in [5.41, 5.74) is 9.05. The Balaban J connectivity index is 1.85. The van der Waals surface area contributed by atoms with Crippen molar-refractivity contribution in [2.75, 3.05) is 17.2 Å². The number of benzene rings is 1. The van der Waals surface area contributed by atoms with Crippen molar-refractivity contribution in [3.8, 4) is 11.3 Å². The van der Waals surface area contributed by atoms with E-state index in [9.17, 15) is 4.79 Å². The van der Waals surface area contributed by atoms with E-state index >= 15 is 0 Å². The van der Waals surface area contributed by atoms with Crippen LogP contribution in [0.5, 0.6) is 0 Å². The molecule has 1 aromatic carbocycles. The minimum atomic E-state index is -0.493. The Labute approximate surface area is 129 Å². The van der Waals surface area contributed by atoms with Gasteiger partial charge in [0.2, 0.25) is 0 Å². The third-order valence-corrected chi connectivity index (χ3v) is 3.50. The highest BCUT2D eigenvalue weighted by atomic mass is 16.6. The SMILES string of the molecule is CC(C)(C)OC(=O)N1CCc2cc(-c3cc(N)n[nH]3)ccc21. The number of ether oxygens (including phenoxy) is 1. The maximum atomic E-state index is 12.3. The molecule has 3 rings (SSSR count). The number of nitrogens with two attached hydrogens (primary N) is 1. The van der Waals surface area contributed by atoms with Crippen LogP contribution < -0.4 is 10.6 Å². The fraction of sp³-hybridized carbons (Fsp3) is 0.375. The molecule has 0 spiro atoms. The molecule has 1 aliphatic heterocycles. The molecule has 116 valence electrons. The lowest BCUT2D eigenvalue weighted by molar-refractivity contribution is 0.0584. The number of carbonyl (C=O) groups is 1. The van der Waals surface area contributed by atoms with Crippen LogP contribution in [-0.2, 0) is 11.2 Å². The number of aromatic amines is 1. The van der Waals surface area contributed by atoms with Gasteiger partial charge in [-0.15, -0.1) is 0 Å². The summed E-state index contributed by atoms with van der Waals surface area (Å²) in [5.74, 6) is 0.464. The predicted octanol–water partition coefficient (Wildman–Crippen LogP) is 2.96. The molecule has 22 heavy (non-hydrogen) atoms. The molecule has 3 N–H and O–H groups in total. The first-order valence-corrected chi connectivity index (χ1v) is 7.28. The van der Waals surface area contributed by atoms with Gasteiger partial charge in [0.25, 0.3) is 0 Å². The first-order chi connectivity index (χ1) is 10.3. The van der Waals surface area contributed by atoms with Gasteiger partial charge in [0.05, 0.1) is 11.4 Å². The van der Waals surface area contributed by atoms with Crippen LogP contribution in [0.15, 0.2) is 24.3 Å². The van der Waals surface area contributed by atoms with Gasteiger partial charge in [-0.05, 0) is 44.9 Å². The number of anilines is 2. The van der Waals surface area contributed by atoms with E-state index in [2.05, 4.69) is 16.3 Å². The minimum absolute atomic E-state index is 0.301. The summed E-state index contributed by atoms with van der Waals surface area (Å²) >= 11 is 0. The zero-order chi connectivity index (χ0) is 15.9. The van der Waals surface area contributed by atoms with Crippen LogP contribution in [0.3, 0.4) is 0 Å². The van der Waals surface area contributed by atoms with Crippen LogP contribution in [0.2, 0.25) is 0 Å². The van der Waals surface area contributed by atoms with Crippen LogP contribution in [0.4, 0.5) is 16.3 Å². The largest absolute Gasteiger partial charge is 0.443 e. The van der Waals surface area contributed by atoms with Crippen molar-refractivity contribution in [1.29, 1.82) is 0 Å². The summed E-state index contributed by atoms with van der Waals surface area (Å²) in [5, 5.41) is 6.84. The van der Waals surface area contributed by atoms with E-state index in [4.69, 9.17) is 10.5 Å². The Hall–Kier alpha value is -2.50. The van der Waals surface area contributed by atoms with Crippen LogP contribution >= 0.6 is 0 Å². The Morgan fingerprint density at radius 3 is 2.77 bits per heavy atom. The van der Waals surface area contributed by atoms with Gasteiger partial charge in [-0.2, -0.15) is 5.10 Å². The van der Waals surface area contributed by atoms with Gasteiger partial charge >= 0.3 is 6.09 Å². The van der Waals surface area contributed by atoms with Crippen molar-refractivity contribution in [3.63, 3.8) is 0 Å². The number of amides is 1. The molecule has 6 heteroatoms. The van der Waals surface area contributed by atoms with E-state index in [1.165, 1.54) is 0 Å². The molecule has 2 heterocycles. The molecule has 0 fully saturated rings. The molecule has 2 aromatic rings. The summed E-state index contributed by atoms with van der Waals surface area (Å²) < 4.78 is 5.45. The average molecular weight is 300 g/mol. The topological polar surface area (TPSA) is 84.2 Å². The maximum Gasteiger partial charge on any atom is 0.414 e. The van der Waals surface area contributed by atoms with Gasteiger partial charge in [-0.3, -0.25) is 10.00 Å². The zero-order valence-corrected chi connectivity index (χ0v) is 13.0. The van der Waals surface area contributed by atoms with Crippen molar-refractivity contribution < 1.29 is 9.53 Å². The predicted molar refractivity (Wildman–Crippen MR) is 85.7 cm³/mol. The van der Waals surface area contributed by atoms with Crippen LogP contribution in [0, 0.1) is 0 Å². The third-order valence-electron chi connectivity index (χ3n) is 3.50. The van der Waals surface area contributed by atoms with E-state index in [0.29, 0.717) is 12.4 Å². The number of rotatable bonds is 1. The zero-order valence-electron chi connectivity index (χ0n) is 13.0. The lowest BCUT2D eigenvalue weighted by Gasteiger charge is -2.24. The maximum absolute atomic E-state index is 12.3. The summed E-state index contributed by atoms with van der Waals surface area (Å²) in [6.45, 7) is 6.24. The molecule has 0 saturated carbocycles. The average Bonchev–Trinajstić information content (AvgIpc) is 3.01. The molecule has 0 atom stereocenters. The number of hydrogen-bond donors (Lipinski definition) is 2. The summed E-state index contributed by atoms with van der Waals surface area (Å²) in [7, 11) is 0. The van der Waals surface area contributed by atoms with Crippen molar-refractivity contribution in [3.05, 3.63) is 29.8 Å². The van der Waals surface area contributed by atoms with Gasteiger partial charge < -0.3 is 10.5 Å². The highest BCUT2D eigenvalue weighted by Crippen LogP contribution is 2.33. The number of nitrogens with one attached hydrogen (secondary N) is 1. The third kappa shape index (κ3) is 2.77. The second-order valence-electron chi connectivity index (χ2n) is 6.43. The van der Waals surface area contributed by atoms with Crippen molar-refractivity contribution in [2.45, 2.75) is 32.8 Å². The standard InChI is InChI=1S/C16H20N4O2/c1-16(2,3)22-15(21)20-7-6-11-8-10(4-5-13(11)20)12-9-14(17)19-18-12/h4-5,8-9H,6-7H2,1-3H3,(H3,17,18,19). The van der Waals surface area contributed by atoms with Gasteiger partial charge in [-0.25, -0.2) is 4.79 Å². The molecule has 0 unspecified atom stereocenters. The van der Waals surface area contributed by atoms with E-state index in [1.807, 2.05) is 32.9 Å². The van der Waals surface area contributed by atoms with Gasteiger partial charge in [0.15, 0.2) is 0 Å². The summed E-state index contributed by atoms with van der Waals surface area (Å²) in [6, 6.07) is 7.75. The fourth-order valence-corrected chi connectivity index (χ4v) is 2.56. The van der Waals surface area contributed by atoms with Crippen LogP contribution in [0.1, 0.15) is 26.3 Å². The first kappa shape index (κ1) is 14.4. The van der Waals surface area contributed by atoms with Crippen LogP contribution in [0.25, 0.3) is 11.3 Å². The second kappa shape index (κ2) is 5.05. The fourth-order valence-electron chi connectivity index (χ4n) is 2.56. The van der Waals surface area contributed by atoms with Gasteiger partial charge in [0, 0.05) is 18.2 Å². The van der Waals surface area contributed by atoms with Gasteiger partial charge in [-0.1, -0.05) is 6.07 Å². The Morgan fingerprint density at radius 1 is 1.36 bits per heavy atom. The Kier molecular flexibility index (Phi) is 3.31. The normalized spacial score (nSPS) is 14.0. The monoisotopic (exact) mass is 300 g/mol. The molecule has 1 amide bonds. The molecule has 6 nitrogen and oxygen atoms in total. The number of aromatic nitrogens is 2. The van der Waals surface area contributed by atoms with Gasteiger partial charge in [0.1, 0.15) is 11.4 Å². The molecular weight excluding hydrogens is 280 g/mol. The smallest absolute Gasteiger partial charge is 0.414 e. The lowest BCUT2D eigenvalue weighted by Crippen LogP contribution is -2.35. The quantitative estimate of drug-likeness (QED) is 0.848. The van der Waals surface area contributed by atoms with E-state index in [0.717, 1.165) is 28.9 Å². The van der Waals surface area contributed by atoms with Crippen LogP contribution in [-0.4, -0.2) is 28.4 Å². The highest BCUT2D eigenvalue weighted by molar-refractivity contribution is 5.91. The first-order valence-electron chi connectivity index (χ1n) is 7.28. The van der Waals surface area contributed by atoms with Crippen molar-refractivity contribution in [1.82, 2.24) is 10.2 Å². The highest BCUT2D eigenvalue weighted by Gasteiger charge is 2.29. The second-order valence-corrected chi connectivity index (χ2v) is 6.43.